The molecule has 0 bridgehead atoms. The Morgan fingerprint density at radius 2 is 1.96 bits per heavy atom. The van der Waals surface area contributed by atoms with Crippen molar-refractivity contribution in [2.75, 3.05) is 5.75 Å². The smallest absolute Gasteiger partial charge is 0.188 e. The Kier molecular flexibility index (Phi) is 5.76. The molecule has 0 aliphatic carbocycles. The topological polar surface area (TPSA) is 79.5 Å². The van der Waals surface area contributed by atoms with Gasteiger partial charge in [0.1, 0.15) is 5.01 Å². The number of nitrogens with zero attached hydrogens (tertiary/aromatic N) is 4. The second kappa shape index (κ2) is 8.21. The number of thioether (sulfide) groups is 1. The van der Waals surface area contributed by atoms with Gasteiger partial charge in [-0.15, -0.1) is 11.3 Å². The molecule has 1 aromatic carbocycles. The molecule has 0 saturated heterocycles. The zero-order valence-corrected chi connectivity index (χ0v) is 16.0. The van der Waals surface area contributed by atoms with E-state index < -0.39 is 5.92 Å². The first kappa shape index (κ1) is 18.2. The Morgan fingerprint density at radius 3 is 2.62 bits per heavy atom. The standard InChI is InChI=1S/C19H16N4OS2/c1-12-8-16(14-6-4-3-5-7-14)23-19(22-12)26-11-17(24)15(9-20)18-21-13(2)10-25-18/h3-8,10,15H,11H2,1-2H3/t15-/m1/s1. The molecule has 0 aliphatic heterocycles. The van der Waals surface area contributed by atoms with Crippen LogP contribution in [0.25, 0.3) is 11.3 Å². The predicted molar refractivity (Wildman–Crippen MR) is 103 cm³/mol. The van der Waals surface area contributed by atoms with E-state index in [2.05, 4.69) is 21.0 Å². The molecule has 0 unspecified atom stereocenters. The van der Waals surface area contributed by atoms with Crippen molar-refractivity contribution in [3.8, 4) is 17.3 Å². The van der Waals surface area contributed by atoms with Crippen LogP contribution < -0.4 is 0 Å². The number of carbonyl (C=O) groups excluding carboxylic acids is 1. The maximum absolute atomic E-state index is 12.5. The van der Waals surface area contributed by atoms with Crippen LogP contribution in [0.4, 0.5) is 0 Å². The molecule has 2 aromatic heterocycles. The molecule has 0 N–H and O–H groups in total. The monoisotopic (exact) mass is 380 g/mol. The van der Waals surface area contributed by atoms with Gasteiger partial charge in [0.2, 0.25) is 0 Å². The van der Waals surface area contributed by atoms with Gasteiger partial charge >= 0.3 is 0 Å². The average molecular weight is 380 g/mol. The van der Waals surface area contributed by atoms with Crippen molar-refractivity contribution in [2.45, 2.75) is 24.9 Å². The third-order valence-corrected chi connectivity index (χ3v) is 5.48. The fraction of sp³-hybridized carbons (Fsp3) is 0.211. The van der Waals surface area contributed by atoms with Crippen LogP contribution in [-0.4, -0.2) is 26.5 Å². The molecule has 0 saturated carbocycles. The minimum atomic E-state index is -0.834. The first-order chi connectivity index (χ1) is 12.6. The van der Waals surface area contributed by atoms with E-state index in [1.165, 1.54) is 23.1 Å². The summed E-state index contributed by atoms with van der Waals surface area (Å²) in [5.74, 6) is -0.882. The van der Waals surface area contributed by atoms with E-state index in [9.17, 15) is 10.1 Å². The number of aromatic nitrogens is 3. The Morgan fingerprint density at radius 1 is 1.19 bits per heavy atom. The van der Waals surface area contributed by atoms with E-state index in [-0.39, 0.29) is 11.5 Å². The van der Waals surface area contributed by atoms with Crippen molar-refractivity contribution in [3.05, 3.63) is 58.2 Å². The third kappa shape index (κ3) is 4.34. The lowest BCUT2D eigenvalue weighted by molar-refractivity contribution is -0.116. The lowest BCUT2D eigenvalue weighted by Gasteiger charge is -2.07. The van der Waals surface area contributed by atoms with Gasteiger partial charge < -0.3 is 0 Å². The molecule has 7 heteroatoms. The number of rotatable bonds is 6. The number of hydrogen-bond acceptors (Lipinski definition) is 7. The second-order valence-electron chi connectivity index (χ2n) is 5.69. The summed E-state index contributed by atoms with van der Waals surface area (Å²) in [5, 5.41) is 12.3. The zero-order chi connectivity index (χ0) is 18.5. The van der Waals surface area contributed by atoms with Crippen LogP contribution in [0.2, 0.25) is 0 Å². The minimum Gasteiger partial charge on any atom is -0.297 e. The zero-order valence-electron chi connectivity index (χ0n) is 14.3. The Balaban J connectivity index is 1.74. The molecule has 26 heavy (non-hydrogen) atoms. The van der Waals surface area contributed by atoms with Crippen molar-refractivity contribution >= 4 is 28.9 Å². The van der Waals surface area contributed by atoms with Gasteiger partial charge in [-0.3, -0.25) is 4.79 Å². The highest BCUT2D eigenvalue weighted by atomic mass is 32.2. The van der Waals surface area contributed by atoms with Gasteiger partial charge in [0.15, 0.2) is 16.9 Å². The Hall–Kier alpha value is -2.56. The van der Waals surface area contributed by atoms with Crippen LogP contribution in [0.1, 0.15) is 22.3 Å². The normalized spacial score (nSPS) is 11.7. The van der Waals surface area contributed by atoms with Crippen LogP contribution in [-0.2, 0) is 4.79 Å². The highest BCUT2D eigenvalue weighted by Gasteiger charge is 2.23. The second-order valence-corrected chi connectivity index (χ2v) is 7.52. The van der Waals surface area contributed by atoms with Crippen molar-refractivity contribution in [2.24, 2.45) is 0 Å². The quantitative estimate of drug-likeness (QED) is 0.471. The summed E-state index contributed by atoms with van der Waals surface area (Å²) in [5.41, 5.74) is 3.47. The summed E-state index contributed by atoms with van der Waals surface area (Å²) < 4.78 is 0. The van der Waals surface area contributed by atoms with Gasteiger partial charge in [-0.2, -0.15) is 5.26 Å². The molecule has 130 valence electrons. The number of ketones is 1. The largest absolute Gasteiger partial charge is 0.297 e. The summed E-state index contributed by atoms with van der Waals surface area (Å²) >= 11 is 2.59. The first-order valence-electron chi connectivity index (χ1n) is 7.95. The van der Waals surface area contributed by atoms with Crippen LogP contribution in [0.3, 0.4) is 0 Å². The molecule has 0 radical (unpaired) electrons. The van der Waals surface area contributed by atoms with E-state index in [0.29, 0.717) is 10.2 Å². The van der Waals surface area contributed by atoms with Gasteiger partial charge in [0.05, 0.1) is 17.5 Å². The van der Waals surface area contributed by atoms with Crippen molar-refractivity contribution in [1.82, 2.24) is 15.0 Å². The molecule has 0 fully saturated rings. The molecule has 5 nitrogen and oxygen atoms in total. The van der Waals surface area contributed by atoms with Gasteiger partial charge in [0.25, 0.3) is 0 Å². The molecule has 0 aliphatic rings. The molecule has 3 rings (SSSR count). The maximum Gasteiger partial charge on any atom is 0.188 e. The summed E-state index contributed by atoms with van der Waals surface area (Å²) in [6.07, 6.45) is 0. The fourth-order valence-electron chi connectivity index (χ4n) is 2.35. The number of Topliss-reactive ketones (excluding diaryl/α,β-unsaturated/α-hetero) is 1. The van der Waals surface area contributed by atoms with Crippen molar-refractivity contribution < 1.29 is 4.79 Å². The predicted octanol–water partition coefficient (Wildman–Crippen LogP) is 4.19. The fourth-order valence-corrected chi connectivity index (χ4v) is 4.02. The van der Waals surface area contributed by atoms with E-state index in [1.54, 1.807) is 0 Å². The minimum absolute atomic E-state index is 0.133. The molecule has 0 amide bonds. The summed E-state index contributed by atoms with van der Waals surface area (Å²) in [6.45, 7) is 3.75. The molecular weight excluding hydrogens is 364 g/mol. The maximum atomic E-state index is 12.5. The van der Waals surface area contributed by atoms with Crippen LogP contribution in [0, 0.1) is 25.2 Å². The third-order valence-electron chi connectivity index (χ3n) is 3.58. The number of aryl methyl sites for hydroxylation is 2. The van der Waals surface area contributed by atoms with E-state index in [0.717, 1.165) is 22.6 Å². The van der Waals surface area contributed by atoms with Crippen LogP contribution in [0.5, 0.6) is 0 Å². The number of hydrogen-bond donors (Lipinski definition) is 0. The number of nitriles is 1. The van der Waals surface area contributed by atoms with Gasteiger partial charge in [0, 0.05) is 22.3 Å². The molecule has 3 aromatic rings. The summed E-state index contributed by atoms with van der Waals surface area (Å²) in [7, 11) is 0. The van der Waals surface area contributed by atoms with Crippen molar-refractivity contribution in [3.63, 3.8) is 0 Å². The van der Waals surface area contributed by atoms with Gasteiger partial charge in [-0.05, 0) is 19.9 Å². The number of thiazole rings is 1. The van der Waals surface area contributed by atoms with Gasteiger partial charge in [-0.25, -0.2) is 15.0 Å². The average Bonchev–Trinajstić information content (AvgIpc) is 3.07. The van der Waals surface area contributed by atoms with E-state index in [1.807, 2.05) is 55.6 Å². The Labute approximate surface area is 160 Å². The van der Waals surface area contributed by atoms with Crippen LogP contribution >= 0.6 is 23.1 Å². The summed E-state index contributed by atoms with van der Waals surface area (Å²) in [6, 6.07) is 13.8. The SMILES string of the molecule is Cc1cc(-c2ccccc2)nc(SCC(=O)[C@@H](C#N)c2nc(C)cs2)n1. The van der Waals surface area contributed by atoms with E-state index in [4.69, 9.17) is 0 Å². The molecule has 1 atom stereocenters. The highest BCUT2D eigenvalue weighted by molar-refractivity contribution is 7.99. The first-order valence-corrected chi connectivity index (χ1v) is 9.81. The molecule has 0 spiro atoms. The lowest BCUT2D eigenvalue weighted by atomic mass is 10.1. The number of carbonyl (C=O) groups is 1. The van der Waals surface area contributed by atoms with Gasteiger partial charge in [-0.1, -0.05) is 42.1 Å². The van der Waals surface area contributed by atoms with E-state index >= 15 is 0 Å². The number of benzene rings is 1. The lowest BCUT2D eigenvalue weighted by Crippen LogP contribution is -2.13. The van der Waals surface area contributed by atoms with Crippen LogP contribution in [0.15, 0.2) is 46.9 Å². The summed E-state index contributed by atoms with van der Waals surface area (Å²) in [4.78, 5) is 25.7. The Bertz CT molecular complexity index is 963. The molecular formula is C19H16N4OS2. The molecule has 2 heterocycles. The van der Waals surface area contributed by atoms with Crippen molar-refractivity contribution in [1.29, 1.82) is 5.26 Å². The highest BCUT2D eigenvalue weighted by Crippen LogP contribution is 2.25.